The van der Waals surface area contributed by atoms with Gasteiger partial charge in [0, 0.05) is 17.6 Å². The number of ketones is 1. The maximum absolute atomic E-state index is 12.2. The number of methoxy groups -OCH3 is 1. The second kappa shape index (κ2) is 9.25. The molecule has 0 N–H and O–H groups in total. The molecule has 1 aliphatic carbocycles. The second-order valence-corrected chi connectivity index (χ2v) is 9.36. The van der Waals surface area contributed by atoms with Gasteiger partial charge in [-0.25, -0.2) is 0 Å². The predicted molar refractivity (Wildman–Crippen MR) is 105 cm³/mol. The number of hydrogen-bond acceptors (Lipinski definition) is 4. The van der Waals surface area contributed by atoms with Crippen LogP contribution in [0.2, 0.25) is 0 Å². The van der Waals surface area contributed by atoms with E-state index in [0.717, 1.165) is 51.4 Å². The van der Waals surface area contributed by atoms with Gasteiger partial charge in [-0.1, -0.05) is 32.3 Å². The van der Waals surface area contributed by atoms with Gasteiger partial charge >= 0.3 is 5.97 Å². The minimum Gasteiger partial charge on any atom is -0.468 e. The molecule has 25 heavy (non-hydrogen) atoms. The Morgan fingerprint density at radius 2 is 2.08 bits per heavy atom. The van der Waals surface area contributed by atoms with Gasteiger partial charge in [-0.2, -0.15) is 0 Å². The number of unbranched alkanes of at least 4 members (excludes halogenated alkanes) is 1. The molecule has 1 aliphatic heterocycles. The average Bonchev–Trinajstić information content (AvgIpc) is 3.12. The number of thioether (sulfide) groups is 1. The molecule has 0 saturated heterocycles. The Kier molecular flexibility index (Phi) is 7.60. The van der Waals surface area contributed by atoms with Crippen LogP contribution in [0.25, 0.3) is 0 Å². The molecule has 1 fully saturated rings. The van der Waals surface area contributed by atoms with Crippen molar-refractivity contribution >= 4 is 23.5 Å². The molecule has 2 aliphatic rings. The highest BCUT2D eigenvalue weighted by Crippen LogP contribution is 2.52. The summed E-state index contributed by atoms with van der Waals surface area (Å²) in [6.45, 7) is 6.69. The quantitative estimate of drug-likeness (QED) is 0.308. The van der Waals surface area contributed by atoms with E-state index in [1.54, 1.807) is 11.8 Å². The van der Waals surface area contributed by atoms with Crippen LogP contribution in [0.1, 0.15) is 85.0 Å². The highest BCUT2D eigenvalue weighted by Gasteiger charge is 2.44. The lowest BCUT2D eigenvalue weighted by Crippen LogP contribution is -2.23. The largest absolute Gasteiger partial charge is 0.468 e. The molecule has 2 rings (SSSR count). The first-order valence-corrected chi connectivity index (χ1v) is 10.8. The van der Waals surface area contributed by atoms with E-state index in [9.17, 15) is 9.59 Å². The number of rotatable bonds is 9. The van der Waals surface area contributed by atoms with Crippen LogP contribution < -0.4 is 0 Å². The summed E-state index contributed by atoms with van der Waals surface area (Å²) in [6.07, 6.45) is 10.5. The van der Waals surface area contributed by atoms with Crippen molar-refractivity contribution in [3.63, 3.8) is 0 Å². The third-order valence-electron chi connectivity index (χ3n) is 5.88. The van der Waals surface area contributed by atoms with Crippen molar-refractivity contribution in [3.8, 4) is 0 Å². The number of hydrogen-bond donors (Lipinski definition) is 0. The van der Waals surface area contributed by atoms with Gasteiger partial charge in [-0.05, 0) is 56.9 Å². The first-order chi connectivity index (χ1) is 11.9. The van der Waals surface area contributed by atoms with Crippen LogP contribution in [-0.2, 0) is 14.3 Å². The van der Waals surface area contributed by atoms with E-state index in [4.69, 9.17) is 4.74 Å². The van der Waals surface area contributed by atoms with E-state index < -0.39 is 0 Å². The SMILES string of the molecule is CCCC1(C)SC(C(=O)OC)C(CC)=C1CCCCC1CCC(=O)C1. The first kappa shape index (κ1) is 20.5. The summed E-state index contributed by atoms with van der Waals surface area (Å²) in [7, 11) is 1.49. The van der Waals surface area contributed by atoms with Gasteiger partial charge in [-0.3, -0.25) is 9.59 Å². The third kappa shape index (κ3) is 4.90. The molecule has 3 atom stereocenters. The summed E-state index contributed by atoms with van der Waals surface area (Å²) in [5, 5.41) is -0.117. The zero-order valence-corrected chi connectivity index (χ0v) is 17.2. The van der Waals surface area contributed by atoms with Gasteiger partial charge in [0.2, 0.25) is 0 Å². The van der Waals surface area contributed by atoms with E-state index in [1.807, 2.05) is 0 Å². The monoisotopic (exact) mass is 366 g/mol. The van der Waals surface area contributed by atoms with Crippen LogP contribution in [0.5, 0.6) is 0 Å². The van der Waals surface area contributed by atoms with Crippen molar-refractivity contribution < 1.29 is 14.3 Å². The van der Waals surface area contributed by atoms with Crippen molar-refractivity contribution in [2.45, 2.75) is 95.0 Å². The Morgan fingerprint density at radius 3 is 2.64 bits per heavy atom. The third-order valence-corrected chi connectivity index (χ3v) is 7.56. The number of ether oxygens (including phenoxy) is 1. The molecule has 0 aromatic carbocycles. The predicted octanol–water partition coefficient (Wildman–Crippen LogP) is 5.47. The van der Waals surface area contributed by atoms with Crippen molar-refractivity contribution in [1.29, 1.82) is 0 Å². The number of carbonyl (C=O) groups excluding carboxylic acids is 2. The smallest absolute Gasteiger partial charge is 0.323 e. The fraction of sp³-hybridized carbons (Fsp3) is 0.810. The van der Waals surface area contributed by atoms with E-state index in [-0.39, 0.29) is 16.0 Å². The molecule has 3 nitrogen and oxygen atoms in total. The van der Waals surface area contributed by atoms with E-state index in [0.29, 0.717) is 11.7 Å². The van der Waals surface area contributed by atoms with Gasteiger partial charge in [0.05, 0.1) is 7.11 Å². The Labute approximate surface area is 157 Å². The molecule has 1 saturated carbocycles. The highest BCUT2D eigenvalue weighted by atomic mass is 32.2. The van der Waals surface area contributed by atoms with E-state index in [1.165, 1.54) is 31.1 Å². The van der Waals surface area contributed by atoms with Crippen molar-refractivity contribution in [1.82, 2.24) is 0 Å². The van der Waals surface area contributed by atoms with Gasteiger partial charge in [0.15, 0.2) is 0 Å². The average molecular weight is 367 g/mol. The second-order valence-electron chi connectivity index (χ2n) is 7.75. The molecular weight excluding hydrogens is 332 g/mol. The lowest BCUT2D eigenvalue weighted by Gasteiger charge is -2.28. The zero-order valence-electron chi connectivity index (χ0n) is 16.4. The van der Waals surface area contributed by atoms with Crippen LogP contribution in [0.3, 0.4) is 0 Å². The summed E-state index contributed by atoms with van der Waals surface area (Å²) in [5.41, 5.74) is 2.81. The van der Waals surface area contributed by atoms with Crippen LogP contribution in [-0.4, -0.2) is 28.9 Å². The molecule has 0 amide bonds. The standard InChI is InChI=1S/C21H34O3S/c1-5-13-21(3)18(17(6-2)19(25-21)20(23)24-4)10-8-7-9-15-11-12-16(22)14-15/h15,19H,5-14H2,1-4H3. The van der Waals surface area contributed by atoms with Crippen LogP contribution in [0.4, 0.5) is 0 Å². The van der Waals surface area contributed by atoms with Crippen LogP contribution in [0, 0.1) is 5.92 Å². The maximum Gasteiger partial charge on any atom is 0.323 e. The molecule has 0 spiro atoms. The Balaban J connectivity index is 2.01. The lowest BCUT2D eigenvalue weighted by atomic mass is 9.85. The molecule has 3 unspecified atom stereocenters. The van der Waals surface area contributed by atoms with Crippen LogP contribution in [0.15, 0.2) is 11.1 Å². The van der Waals surface area contributed by atoms with Gasteiger partial charge in [0.25, 0.3) is 0 Å². The van der Waals surface area contributed by atoms with Crippen molar-refractivity contribution in [2.24, 2.45) is 5.92 Å². The molecule has 0 radical (unpaired) electrons. The van der Waals surface area contributed by atoms with Crippen molar-refractivity contribution in [2.75, 3.05) is 7.11 Å². The fourth-order valence-corrected chi connectivity index (χ4v) is 6.44. The van der Waals surface area contributed by atoms with E-state index in [2.05, 4.69) is 20.8 Å². The molecule has 4 heteroatoms. The molecule has 1 heterocycles. The Hall–Kier alpha value is -0.770. The number of esters is 1. The summed E-state index contributed by atoms with van der Waals surface area (Å²) < 4.78 is 5.14. The fourth-order valence-electron chi connectivity index (χ4n) is 4.58. The van der Waals surface area contributed by atoms with Gasteiger partial charge < -0.3 is 4.74 Å². The number of Topliss-reactive ketones (excluding diaryl/α,β-unsaturated/α-hetero) is 1. The highest BCUT2D eigenvalue weighted by molar-refractivity contribution is 8.02. The zero-order chi connectivity index (χ0) is 18.4. The van der Waals surface area contributed by atoms with Gasteiger partial charge in [0.1, 0.15) is 11.0 Å². The molecule has 0 aromatic rings. The Morgan fingerprint density at radius 1 is 1.32 bits per heavy atom. The van der Waals surface area contributed by atoms with Crippen LogP contribution >= 0.6 is 11.8 Å². The summed E-state index contributed by atoms with van der Waals surface area (Å²) >= 11 is 1.80. The maximum atomic E-state index is 12.2. The summed E-state index contributed by atoms with van der Waals surface area (Å²) in [5.74, 6) is 0.975. The molecular formula is C21H34O3S. The van der Waals surface area contributed by atoms with E-state index >= 15 is 0 Å². The van der Waals surface area contributed by atoms with Gasteiger partial charge in [-0.15, -0.1) is 11.8 Å². The lowest BCUT2D eigenvalue weighted by molar-refractivity contribution is -0.139. The van der Waals surface area contributed by atoms with Crippen molar-refractivity contribution in [3.05, 3.63) is 11.1 Å². The minimum absolute atomic E-state index is 0.0717. The molecule has 0 aromatic heterocycles. The molecule has 142 valence electrons. The Bertz CT molecular complexity index is 525. The normalized spacial score (nSPS) is 29.5. The minimum atomic E-state index is -0.117. The molecule has 0 bridgehead atoms. The first-order valence-electron chi connectivity index (χ1n) is 9.94. The summed E-state index contributed by atoms with van der Waals surface area (Å²) in [4.78, 5) is 23.7. The topological polar surface area (TPSA) is 43.4 Å². The summed E-state index contributed by atoms with van der Waals surface area (Å²) in [6, 6.07) is 0. The number of carbonyl (C=O) groups is 2.